The quantitative estimate of drug-likeness (QED) is 0.594. The van der Waals surface area contributed by atoms with E-state index < -0.39 is 5.60 Å². The van der Waals surface area contributed by atoms with Crippen LogP contribution in [0, 0.1) is 5.82 Å². The maximum absolute atomic E-state index is 14.0. The van der Waals surface area contributed by atoms with E-state index in [1.54, 1.807) is 43.0 Å². The van der Waals surface area contributed by atoms with Crippen molar-refractivity contribution in [3.05, 3.63) is 71.6 Å². The molecule has 0 bridgehead atoms. The van der Waals surface area contributed by atoms with Gasteiger partial charge in [-0.1, -0.05) is 30.3 Å². The van der Waals surface area contributed by atoms with Crippen LogP contribution in [0.1, 0.15) is 18.1 Å². The molecule has 1 amide bonds. The summed E-state index contributed by atoms with van der Waals surface area (Å²) >= 11 is 1.67. The van der Waals surface area contributed by atoms with Crippen molar-refractivity contribution in [3.63, 3.8) is 0 Å². The summed E-state index contributed by atoms with van der Waals surface area (Å²) in [4.78, 5) is 13.2. The van der Waals surface area contributed by atoms with Crippen molar-refractivity contribution < 1.29 is 13.9 Å². The molecule has 1 N–H and O–H groups in total. The van der Waals surface area contributed by atoms with Gasteiger partial charge in [0.1, 0.15) is 11.4 Å². The fraction of sp³-hybridized carbons (Fsp3) is 0.250. The molecule has 25 heavy (non-hydrogen) atoms. The molecule has 0 unspecified atom stereocenters. The van der Waals surface area contributed by atoms with Crippen LogP contribution in [0.25, 0.3) is 6.08 Å². The molecule has 1 atom stereocenters. The topological polar surface area (TPSA) is 38.3 Å². The van der Waals surface area contributed by atoms with Gasteiger partial charge >= 0.3 is 0 Å². The largest absolute Gasteiger partial charge is 0.372 e. The Bertz CT molecular complexity index is 746. The van der Waals surface area contributed by atoms with Gasteiger partial charge in [0, 0.05) is 23.6 Å². The highest BCUT2D eigenvalue weighted by molar-refractivity contribution is 7.98. The molecule has 2 aromatic carbocycles. The Morgan fingerprint density at radius 1 is 1.24 bits per heavy atom. The maximum atomic E-state index is 14.0. The van der Waals surface area contributed by atoms with Gasteiger partial charge < -0.3 is 10.1 Å². The third-order valence-electron chi connectivity index (χ3n) is 4.04. The summed E-state index contributed by atoms with van der Waals surface area (Å²) in [6, 6.07) is 14.3. The lowest BCUT2D eigenvalue weighted by atomic mass is 9.95. The fourth-order valence-corrected chi connectivity index (χ4v) is 2.78. The zero-order valence-corrected chi connectivity index (χ0v) is 15.4. The van der Waals surface area contributed by atoms with Gasteiger partial charge in [-0.2, -0.15) is 0 Å². The van der Waals surface area contributed by atoms with Crippen molar-refractivity contribution in [3.8, 4) is 0 Å². The van der Waals surface area contributed by atoms with E-state index in [1.165, 1.54) is 24.1 Å². The molecule has 2 rings (SSSR count). The van der Waals surface area contributed by atoms with Crippen LogP contribution in [-0.4, -0.2) is 25.8 Å². The number of hydrogen-bond donors (Lipinski definition) is 1. The Labute approximate surface area is 152 Å². The summed E-state index contributed by atoms with van der Waals surface area (Å²) in [6.45, 7) is 1.91. The van der Waals surface area contributed by atoms with Gasteiger partial charge in [0.2, 0.25) is 5.91 Å². The molecule has 5 heteroatoms. The summed E-state index contributed by atoms with van der Waals surface area (Å²) in [7, 11) is 1.50. The van der Waals surface area contributed by atoms with Crippen LogP contribution >= 0.6 is 11.8 Å². The second kappa shape index (κ2) is 8.83. The summed E-state index contributed by atoms with van der Waals surface area (Å²) < 4.78 is 19.5. The van der Waals surface area contributed by atoms with Crippen LogP contribution in [0.5, 0.6) is 0 Å². The number of carbonyl (C=O) groups excluding carboxylic acids is 1. The smallest absolute Gasteiger partial charge is 0.244 e. The number of carbonyl (C=O) groups is 1. The second-order valence-corrected chi connectivity index (χ2v) is 6.62. The standard InChI is InChI=1S/C20H22FNO2S/c1-20(24-2,17-6-4-5-7-18(17)21)14-22-19(23)13-10-15-8-11-16(25-3)12-9-15/h4-13H,14H2,1-3H3,(H,22,23)/b13-10+/t20-/m1/s1. The van der Waals surface area contributed by atoms with Crippen molar-refractivity contribution in [2.24, 2.45) is 0 Å². The number of rotatable bonds is 7. The molecule has 132 valence electrons. The molecule has 3 nitrogen and oxygen atoms in total. The van der Waals surface area contributed by atoms with Crippen LogP contribution in [0.3, 0.4) is 0 Å². The Balaban J connectivity index is 1.99. The first-order valence-corrected chi connectivity index (χ1v) is 9.11. The minimum absolute atomic E-state index is 0.166. The van der Waals surface area contributed by atoms with Crippen LogP contribution < -0.4 is 5.32 Å². The predicted molar refractivity (Wildman–Crippen MR) is 101 cm³/mol. The lowest BCUT2D eigenvalue weighted by Gasteiger charge is -2.29. The van der Waals surface area contributed by atoms with Crippen molar-refractivity contribution >= 4 is 23.7 Å². The first-order chi connectivity index (χ1) is 12.0. The van der Waals surface area contributed by atoms with E-state index in [0.717, 1.165) is 5.56 Å². The number of nitrogens with one attached hydrogen (secondary N) is 1. The second-order valence-electron chi connectivity index (χ2n) is 5.74. The van der Waals surface area contributed by atoms with E-state index in [-0.39, 0.29) is 18.3 Å². The molecule has 2 aromatic rings. The SMILES string of the molecule is CO[C@](C)(CNC(=O)/C=C/c1ccc(SC)cc1)c1ccccc1F. The van der Waals surface area contributed by atoms with Gasteiger partial charge in [-0.05, 0) is 43.0 Å². The predicted octanol–water partition coefficient (Wildman–Crippen LogP) is 4.24. The van der Waals surface area contributed by atoms with Crippen molar-refractivity contribution in [2.45, 2.75) is 17.4 Å². The van der Waals surface area contributed by atoms with Gasteiger partial charge in [0.05, 0.1) is 6.54 Å². The van der Waals surface area contributed by atoms with Crippen LogP contribution in [0.15, 0.2) is 59.5 Å². The van der Waals surface area contributed by atoms with Crippen LogP contribution in [0.4, 0.5) is 4.39 Å². The van der Waals surface area contributed by atoms with Gasteiger partial charge in [0.25, 0.3) is 0 Å². The molecular weight excluding hydrogens is 337 g/mol. The number of ether oxygens (including phenoxy) is 1. The normalized spacial score (nSPS) is 13.6. The number of methoxy groups -OCH3 is 1. The molecule has 0 aliphatic heterocycles. The third-order valence-corrected chi connectivity index (χ3v) is 4.78. The molecule has 0 fully saturated rings. The minimum Gasteiger partial charge on any atom is -0.372 e. The van der Waals surface area contributed by atoms with E-state index >= 15 is 0 Å². The molecule has 0 aliphatic carbocycles. The first kappa shape index (κ1) is 19.2. The average molecular weight is 359 g/mol. The Morgan fingerprint density at radius 3 is 2.52 bits per heavy atom. The molecule has 0 saturated heterocycles. The van der Waals surface area contributed by atoms with E-state index in [1.807, 2.05) is 30.5 Å². The highest BCUT2D eigenvalue weighted by Gasteiger charge is 2.29. The van der Waals surface area contributed by atoms with Crippen molar-refractivity contribution in [1.29, 1.82) is 0 Å². The van der Waals surface area contributed by atoms with Gasteiger partial charge in [-0.25, -0.2) is 4.39 Å². The fourth-order valence-electron chi connectivity index (χ4n) is 2.37. The maximum Gasteiger partial charge on any atom is 0.244 e. The summed E-state index contributed by atoms with van der Waals surface area (Å²) in [5, 5.41) is 2.77. The molecule has 0 spiro atoms. The van der Waals surface area contributed by atoms with Crippen LogP contribution in [0.2, 0.25) is 0 Å². The van der Waals surface area contributed by atoms with Crippen LogP contribution in [-0.2, 0) is 15.1 Å². The molecule has 0 radical (unpaired) electrons. The van der Waals surface area contributed by atoms with E-state index in [4.69, 9.17) is 4.74 Å². The average Bonchev–Trinajstić information content (AvgIpc) is 2.65. The Kier molecular flexibility index (Phi) is 6.79. The van der Waals surface area contributed by atoms with E-state index in [2.05, 4.69) is 5.32 Å². The monoisotopic (exact) mass is 359 g/mol. The zero-order chi connectivity index (χ0) is 18.3. The van der Waals surface area contributed by atoms with E-state index in [0.29, 0.717) is 5.56 Å². The summed E-state index contributed by atoms with van der Waals surface area (Å²) in [6.07, 6.45) is 5.22. The number of amides is 1. The third kappa shape index (κ3) is 5.18. The minimum atomic E-state index is -0.936. The molecular formula is C20H22FNO2S. The Morgan fingerprint density at radius 2 is 1.92 bits per heavy atom. The first-order valence-electron chi connectivity index (χ1n) is 7.88. The number of hydrogen-bond acceptors (Lipinski definition) is 3. The molecule has 0 heterocycles. The van der Waals surface area contributed by atoms with Gasteiger partial charge in [-0.3, -0.25) is 4.79 Å². The lowest BCUT2D eigenvalue weighted by Crippen LogP contribution is -2.40. The number of benzene rings is 2. The zero-order valence-electron chi connectivity index (χ0n) is 14.6. The van der Waals surface area contributed by atoms with Gasteiger partial charge in [-0.15, -0.1) is 11.8 Å². The van der Waals surface area contributed by atoms with Gasteiger partial charge in [0.15, 0.2) is 0 Å². The molecule has 0 aromatic heterocycles. The highest BCUT2D eigenvalue weighted by Crippen LogP contribution is 2.26. The molecule has 0 aliphatic rings. The summed E-state index contributed by atoms with van der Waals surface area (Å²) in [5.74, 6) is -0.612. The number of halogens is 1. The van der Waals surface area contributed by atoms with Crippen molar-refractivity contribution in [1.82, 2.24) is 5.32 Å². The highest BCUT2D eigenvalue weighted by atomic mass is 32.2. The summed E-state index contributed by atoms with van der Waals surface area (Å²) in [5.41, 5.74) is 0.417. The lowest BCUT2D eigenvalue weighted by molar-refractivity contribution is -0.118. The number of thioether (sulfide) groups is 1. The molecule has 0 saturated carbocycles. The van der Waals surface area contributed by atoms with Crippen molar-refractivity contribution in [2.75, 3.05) is 19.9 Å². The van der Waals surface area contributed by atoms with E-state index in [9.17, 15) is 9.18 Å². The Hall–Kier alpha value is -2.11.